The van der Waals surface area contributed by atoms with Crippen molar-refractivity contribution in [3.05, 3.63) is 29.6 Å². The van der Waals surface area contributed by atoms with E-state index in [0.717, 1.165) is 6.07 Å². The predicted octanol–water partition coefficient (Wildman–Crippen LogP) is 0.695. The van der Waals surface area contributed by atoms with Crippen LogP contribution in [0.4, 0.5) is 4.39 Å². The minimum Gasteiger partial charge on any atom is -0.423 e. The van der Waals surface area contributed by atoms with Crippen LogP contribution < -0.4 is 5.46 Å². The van der Waals surface area contributed by atoms with E-state index in [0.29, 0.717) is 31.3 Å². The van der Waals surface area contributed by atoms with Crippen molar-refractivity contribution < 1.29 is 23.9 Å². The molecule has 0 atom stereocenters. The predicted molar refractivity (Wildman–Crippen MR) is 71.5 cm³/mol. The first-order valence-corrected chi connectivity index (χ1v) is 6.30. The molecule has 0 saturated heterocycles. The van der Waals surface area contributed by atoms with Crippen LogP contribution in [-0.4, -0.2) is 37.0 Å². The van der Waals surface area contributed by atoms with E-state index in [9.17, 15) is 4.39 Å². The summed E-state index contributed by atoms with van der Waals surface area (Å²) in [6.07, 6.45) is 0. The standard InChI is InChI=1S/C13H20BFO4/c1-10(2)8-18-5-6-19-9-11-3-4-12(14(16)17)7-13(11)15/h3-4,7,10,16-17H,5-6,8-9H2,1-2H3. The molecule has 0 aromatic heterocycles. The first-order chi connectivity index (χ1) is 9.00. The second-order valence-corrected chi connectivity index (χ2v) is 4.75. The van der Waals surface area contributed by atoms with E-state index < -0.39 is 12.9 Å². The molecule has 0 aliphatic carbocycles. The van der Waals surface area contributed by atoms with Crippen LogP contribution in [0.5, 0.6) is 0 Å². The molecule has 6 heteroatoms. The van der Waals surface area contributed by atoms with Crippen molar-refractivity contribution >= 4 is 12.6 Å². The van der Waals surface area contributed by atoms with E-state index in [1.165, 1.54) is 12.1 Å². The van der Waals surface area contributed by atoms with Gasteiger partial charge in [0.15, 0.2) is 0 Å². The lowest BCUT2D eigenvalue weighted by molar-refractivity contribution is 0.0307. The Hall–Kier alpha value is -0.945. The zero-order valence-electron chi connectivity index (χ0n) is 11.3. The molecule has 0 aliphatic rings. The van der Waals surface area contributed by atoms with Crippen LogP contribution in [0.2, 0.25) is 0 Å². The minimum atomic E-state index is -1.66. The average Bonchev–Trinajstić information content (AvgIpc) is 2.34. The molecule has 0 unspecified atom stereocenters. The van der Waals surface area contributed by atoms with Crippen LogP contribution in [0.1, 0.15) is 19.4 Å². The summed E-state index contributed by atoms with van der Waals surface area (Å²) in [6.45, 7) is 5.82. The molecule has 19 heavy (non-hydrogen) atoms. The van der Waals surface area contributed by atoms with Gasteiger partial charge in [-0.3, -0.25) is 0 Å². The smallest absolute Gasteiger partial charge is 0.423 e. The Kier molecular flexibility index (Phi) is 7.01. The maximum atomic E-state index is 13.6. The lowest BCUT2D eigenvalue weighted by atomic mass is 9.80. The number of hydrogen-bond acceptors (Lipinski definition) is 4. The zero-order chi connectivity index (χ0) is 14.3. The van der Waals surface area contributed by atoms with E-state index in [4.69, 9.17) is 19.5 Å². The average molecular weight is 270 g/mol. The molecular weight excluding hydrogens is 250 g/mol. The van der Waals surface area contributed by atoms with Crippen LogP contribution in [0.3, 0.4) is 0 Å². The zero-order valence-corrected chi connectivity index (χ0v) is 11.3. The number of halogens is 1. The Labute approximate surface area is 113 Å². The molecule has 2 N–H and O–H groups in total. The fourth-order valence-corrected chi connectivity index (χ4v) is 1.46. The van der Waals surface area contributed by atoms with E-state index in [-0.39, 0.29) is 12.1 Å². The maximum Gasteiger partial charge on any atom is 0.488 e. The van der Waals surface area contributed by atoms with Gasteiger partial charge in [0.1, 0.15) is 5.82 Å². The monoisotopic (exact) mass is 270 g/mol. The molecule has 0 fully saturated rings. The fraction of sp³-hybridized carbons (Fsp3) is 0.538. The molecule has 1 rings (SSSR count). The highest BCUT2D eigenvalue weighted by molar-refractivity contribution is 6.58. The first-order valence-electron chi connectivity index (χ1n) is 6.30. The number of benzene rings is 1. The summed E-state index contributed by atoms with van der Waals surface area (Å²) >= 11 is 0. The highest BCUT2D eigenvalue weighted by Crippen LogP contribution is 2.07. The summed E-state index contributed by atoms with van der Waals surface area (Å²) in [5.41, 5.74) is 0.509. The van der Waals surface area contributed by atoms with Crippen molar-refractivity contribution in [2.24, 2.45) is 5.92 Å². The molecule has 0 spiro atoms. The van der Waals surface area contributed by atoms with Crippen molar-refractivity contribution in [2.45, 2.75) is 20.5 Å². The van der Waals surface area contributed by atoms with Crippen LogP contribution in [0.15, 0.2) is 18.2 Å². The van der Waals surface area contributed by atoms with Crippen LogP contribution in [0.25, 0.3) is 0 Å². The van der Waals surface area contributed by atoms with Gasteiger partial charge in [0.25, 0.3) is 0 Å². The summed E-state index contributed by atoms with van der Waals surface area (Å²) in [5.74, 6) is -0.0244. The Morgan fingerprint density at radius 3 is 2.47 bits per heavy atom. The molecule has 0 amide bonds. The molecule has 0 saturated carbocycles. The number of rotatable bonds is 8. The number of ether oxygens (including phenoxy) is 2. The summed E-state index contributed by atoms with van der Waals surface area (Å²) in [4.78, 5) is 0. The highest BCUT2D eigenvalue weighted by atomic mass is 19.1. The van der Waals surface area contributed by atoms with E-state index >= 15 is 0 Å². The minimum absolute atomic E-state index is 0.126. The van der Waals surface area contributed by atoms with Gasteiger partial charge in [-0.2, -0.15) is 0 Å². The van der Waals surface area contributed by atoms with Crippen LogP contribution in [-0.2, 0) is 16.1 Å². The van der Waals surface area contributed by atoms with E-state index in [2.05, 4.69) is 13.8 Å². The van der Waals surface area contributed by atoms with Crippen LogP contribution in [0, 0.1) is 11.7 Å². The van der Waals surface area contributed by atoms with Gasteiger partial charge in [-0.1, -0.05) is 26.0 Å². The Balaban J connectivity index is 2.30. The summed E-state index contributed by atoms with van der Waals surface area (Å²) in [6, 6.07) is 4.04. The maximum absolute atomic E-state index is 13.6. The topological polar surface area (TPSA) is 58.9 Å². The fourth-order valence-electron chi connectivity index (χ4n) is 1.46. The largest absolute Gasteiger partial charge is 0.488 e. The van der Waals surface area contributed by atoms with Gasteiger partial charge < -0.3 is 19.5 Å². The summed E-state index contributed by atoms with van der Waals surface area (Å²) in [5, 5.41) is 17.8. The lowest BCUT2D eigenvalue weighted by Crippen LogP contribution is -2.30. The molecule has 0 aliphatic heterocycles. The lowest BCUT2D eigenvalue weighted by Gasteiger charge is -2.09. The second-order valence-electron chi connectivity index (χ2n) is 4.75. The van der Waals surface area contributed by atoms with Crippen molar-refractivity contribution in [3.63, 3.8) is 0 Å². The van der Waals surface area contributed by atoms with Gasteiger partial charge in [-0.25, -0.2) is 4.39 Å². The Morgan fingerprint density at radius 2 is 1.89 bits per heavy atom. The molecule has 0 heterocycles. The third-order valence-corrected chi connectivity index (χ3v) is 2.46. The SMILES string of the molecule is CC(C)COCCOCc1ccc(B(O)O)cc1F. The first kappa shape index (κ1) is 16.1. The molecule has 4 nitrogen and oxygen atoms in total. The molecular formula is C13H20BFO4. The van der Waals surface area contributed by atoms with Gasteiger partial charge in [-0.15, -0.1) is 0 Å². The Bertz CT molecular complexity index is 385. The van der Waals surface area contributed by atoms with Gasteiger partial charge >= 0.3 is 7.12 Å². The third kappa shape index (κ3) is 6.16. The van der Waals surface area contributed by atoms with E-state index in [1.807, 2.05) is 0 Å². The molecule has 1 aromatic rings. The molecule has 106 valence electrons. The molecule has 0 bridgehead atoms. The van der Waals surface area contributed by atoms with Gasteiger partial charge in [0.2, 0.25) is 0 Å². The third-order valence-electron chi connectivity index (χ3n) is 2.46. The quantitative estimate of drug-likeness (QED) is 0.539. The molecule has 1 aromatic carbocycles. The summed E-state index contributed by atoms with van der Waals surface area (Å²) < 4.78 is 24.2. The van der Waals surface area contributed by atoms with Gasteiger partial charge in [0, 0.05) is 12.2 Å². The second kappa shape index (κ2) is 8.27. The van der Waals surface area contributed by atoms with Crippen molar-refractivity contribution in [1.29, 1.82) is 0 Å². The van der Waals surface area contributed by atoms with Crippen molar-refractivity contribution in [2.75, 3.05) is 19.8 Å². The normalized spacial score (nSPS) is 11.1. The number of hydrogen-bond donors (Lipinski definition) is 2. The van der Waals surface area contributed by atoms with Crippen LogP contribution >= 0.6 is 0 Å². The van der Waals surface area contributed by atoms with Gasteiger partial charge in [-0.05, 0) is 17.4 Å². The van der Waals surface area contributed by atoms with E-state index in [1.54, 1.807) is 0 Å². The van der Waals surface area contributed by atoms with Crippen molar-refractivity contribution in [1.82, 2.24) is 0 Å². The Morgan fingerprint density at radius 1 is 1.21 bits per heavy atom. The molecule has 0 radical (unpaired) electrons. The van der Waals surface area contributed by atoms with Crippen molar-refractivity contribution in [3.8, 4) is 0 Å². The summed E-state index contributed by atoms with van der Waals surface area (Å²) in [7, 11) is -1.66. The van der Waals surface area contributed by atoms with Gasteiger partial charge in [0.05, 0.1) is 19.8 Å². The highest BCUT2D eigenvalue weighted by Gasteiger charge is 2.13.